The summed E-state index contributed by atoms with van der Waals surface area (Å²) in [6, 6.07) is 7.11. The minimum atomic E-state index is -0.545. The van der Waals surface area contributed by atoms with Crippen LogP contribution in [-0.2, 0) is 0 Å². The summed E-state index contributed by atoms with van der Waals surface area (Å²) < 4.78 is 10.6. The van der Waals surface area contributed by atoms with Crippen LogP contribution in [0.2, 0.25) is 0 Å². The lowest BCUT2D eigenvalue weighted by Gasteiger charge is -2.11. The smallest absolute Gasteiger partial charge is 0.273 e. The molecule has 0 aliphatic heterocycles. The maximum Gasteiger partial charge on any atom is 0.273 e. The number of methoxy groups -OCH3 is 1. The van der Waals surface area contributed by atoms with E-state index in [4.69, 9.17) is 9.47 Å². The van der Waals surface area contributed by atoms with E-state index in [1.165, 1.54) is 38.4 Å². The van der Waals surface area contributed by atoms with E-state index in [1.54, 1.807) is 12.1 Å². The summed E-state index contributed by atoms with van der Waals surface area (Å²) in [5.74, 6) is 0.278. The van der Waals surface area contributed by atoms with E-state index in [2.05, 4.69) is 4.98 Å². The van der Waals surface area contributed by atoms with Gasteiger partial charge in [-0.3, -0.25) is 14.9 Å². The molecule has 0 fully saturated rings. The summed E-state index contributed by atoms with van der Waals surface area (Å²) in [7, 11) is 1.42. The van der Waals surface area contributed by atoms with E-state index >= 15 is 0 Å². The molecule has 7 heteroatoms. The number of hydrogen-bond acceptors (Lipinski definition) is 6. The third-order valence-electron chi connectivity index (χ3n) is 2.72. The molecule has 0 amide bonds. The Morgan fingerprint density at radius 1 is 1.29 bits per heavy atom. The third-order valence-corrected chi connectivity index (χ3v) is 2.72. The van der Waals surface area contributed by atoms with E-state index in [0.29, 0.717) is 5.75 Å². The van der Waals surface area contributed by atoms with Crippen LogP contribution in [0.4, 0.5) is 5.69 Å². The van der Waals surface area contributed by atoms with E-state index in [9.17, 15) is 14.9 Å². The molecule has 0 aliphatic rings. The highest BCUT2D eigenvalue weighted by atomic mass is 16.6. The number of aromatic nitrogens is 1. The van der Waals surface area contributed by atoms with Crippen LogP contribution in [0.5, 0.6) is 17.4 Å². The number of Topliss-reactive ketones (excluding diaryl/α,β-unsaturated/α-hetero) is 1. The highest BCUT2D eigenvalue weighted by molar-refractivity contribution is 5.96. The van der Waals surface area contributed by atoms with Crippen molar-refractivity contribution in [3.8, 4) is 17.4 Å². The van der Waals surface area contributed by atoms with Crippen LogP contribution >= 0.6 is 0 Å². The van der Waals surface area contributed by atoms with Crippen molar-refractivity contribution >= 4 is 11.5 Å². The van der Waals surface area contributed by atoms with Gasteiger partial charge >= 0.3 is 0 Å². The number of rotatable bonds is 5. The van der Waals surface area contributed by atoms with Crippen molar-refractivity contribution in [3.05, 3.63) is 52.2 Å². The highest BCUT2D eigenvalue weighted by Gasteiger charge is 2.16. The fraction of sp³-hybridized carbons (Fsp3) is 0.143. The molecule has 0 spiro atoms. The number of nitro groups is 1. The fourth-order valence-corrected chi connectivity index (χ4v) is 1.70. The predicted octanol–water partition coefficient (Wildman–Crippen LogP) is 2.99. The SMILES string of the molecule is COc1ccc([N+](=O)[O-])cc1Oc1ncccc1C(C)=O. The summed E-state index contributed by atoms with van der Waals surface area (Å²) in [6.07, 6.45) is 1.46. The van der Waals surface area contributed by atoms with Gasteiger partial charge in [0.05, 0.1) is 23.7 Å². The molecule has 0 saturated carbocycles. The highest BCUT2D eigenvalue weighted by Crippen LogP contribution is 2.35. The minimum Gasteiger partial charge on any atom is -0.493 e. The van der Waals surface area contributed by atoms with Gasteiger partial charge < -0.3 is 9.47 Å². The Morgan fingerprint density at radius 3 is 2.67 bits per heavy atom. The van der Waals surface area contributed by atoms with Crippen molar-refractivity contribution in [3.63, 3.8) is 0 Å². The Morgan fingerprint density at radius 2 is 2.05 bits per heavy atom. The maximum atomic E-state index is 11.5. The van der Waals surface area contributed by atoms with Crippen molar-refractivity contribution in [2.24, 2.45) is 0 Å². The van der Waals surface area contributed by atoms with Crippen LogP contribution in [-0.4, -0.2) is 22.8 Å². The number of non-ortho nitro benzene ring substituents is 1. The second-order valence-corrected chi connectivity index (χ2v) is 4.11. The normalized spacial score (nSPS) is 10.0. The molecule has 1 aromatic heterocycles. The number of ether oxygens (including phenoxy) is 2. The zero-order valence-corrected chi connectivity index (χ0v) is 11.4. The maximum absolute atomic E-state index is 11.5. The fourth-order valence-electron chi connectivity index (χ4n) is 1.70. The number of carbonyl (C=O) groups excluding carboxylic acids is 1. The minimum absolute atomic E-state index is 0.0730. The second kappa shape index (κ2) is 6.00. The van der Waals surface area contributed by atoms with Crippen molar-refractivity contribution in [2.45, 2.75) is 6.92 Å². The van der Waals surface area contributed by atoms with Crippen LogP contribution in [0, 0.1) is 10.1 Å². The standard InChI is InChI=1S/C14H12N2O5/c1-9(17)11-4-3-7-15-14(11)21-13-8-10(16(18)19)5-6-12(13)20-2/h3-8H,1-2H3. The van der Waals surface area contributed by atoms with Gasteiger partial charge in [-0.2, -0.15) is 0 Å². The average Bonchev–Trinajstić information content (AvgIpc) is 2.47. The van der Waals surface area contributed by atoms with E-state index in [0.717, 1.165) is 0 Å². The number of nitro benzene ring substituents is 1. The topological polar surface area (TPSA) is 91.6 Å². The lowest BCUT2D eigenvalue weighted by atomic mass is 10.2. The van der Waals surface area contributed by atoms with Crippen LogP contribution in [0.3, 0.4) is 0 Å². The Labute approximate surface area is 120 Å². The van der Waals surface area contributed by atoms with Gasteiger partial charge in [0.1, 0.15) is 0 Å². The molecular formula is C14H12N2O5. The van der Waals surface area contributed by atoms with Gasteiger partial charge in [0, 0.05) is 12.3 Å². The lowest BCUT2D eigenvalue weighted by Crippen LogP contribution is -2.00. The Hall–Kier alpha value is -2.96. The zero-order chi connectivity index (χ0) is 15.4. The zero-order valence-electron chi connectivity index (χ0n) is 11.4. The van der Waals surface area contributed by atoms with Gasteiger partial charge in [0.2, 0.25) is 5.88 Å². The summed E-state index contributed by atoms with van der Waals surface area (Å²) >= 11 is 0. The first-order chi connectivity index (χ1) is 10.0. The second-order valence-electron chi connectivity index (χ2n) is 4.11. The molecular weight excluding hydrogens is 276 g/mol. The average molecular weight is 288 g/mol. The van der Waals surface area contributed by atoms with Gasteiger partial charge in [0.25, 0.3) is 5.69 Å². The molecule has 0 saturated heterocycles. The molecule has 108 valence electrons. The third kappa shape index (κ3) is 3.14. The molecule has 0 N–H and O–H groups in total. The Balaban J connectivity index is 2.45. The molecule has 0 radical (unpaired) electrons. The van der Waals surface area contributed by atoms with Crippen LogP contribution in [0.25, 0.3) is 0 Å². The van der Waals surface area contributed by atoms with E-state index in [-0.39, 0.29) is 28.7 Å². The first kappa shape index (κ1) is 14.4. The molecule has 2 aromatic rings. The number of carbonyl (C=O) groups is 1. The first-order valence-electron chi connectivity index (χ1n) is 5.99. The molecule has 1 aromatic carbocycles. The van der Waals surface area contributed by atoms with E-state index < -0.39 is 4.92 Å². The summed E-state index contributed by atoms with van der Waals surface area (Å²) in [4.78, 5) is 25.8. The molecule has 1 heterocycles. The number of hydrogen-bond donors (Lipinski definition) is 0. The molecule has 0 bridgehead atoms. The lowest BCUT2D eigenvalue weighted by molar-refractivity contribution is -0.384. The predicted molar refractivity (Wildman–Crippen MR) is 74.0 cm³/mol. The van der Waals surface area contributed by atoms with Gasteiger partial charge in [-0.25, -0.2) is 4.98 Å². The van der Waals surface area contributed by atoms with Crippen LogP contribution < -0.4 is 9.47 Å². The molecule has 0 atom stereocenters. The number of ketones is 1. The quantitative estimate of drug-likeness (QED) is 0.477. The molecule has 21 heavy (non-hydrogen) atoms. The van der Waals surface area contributed by atoms with Crippen molar-refractivity contribution < 1.29 is 19.2 Å². The van der Waals surface area contributed by atoms with Crippen molar-refractivity contribution in [1.29, 1.82) is 0 Å². The van der Waals surface area contributed by atoms with Crippen LogP contribution in [0.1, 0.15) is 17.3 Å². The molecule has 7 nitrogen and oxygen atoms in total. The van der Waals surface area contributed by atoms with E-state index in [1.807, 2.05) is 0 Å². The first-order valence-corrected chi connectivity index (χ1v) is 5.99. The van der Waals surface area contributed by atoms with Gasteiger partial charge in [-0.1, -0.05) is 0 Å². The molecule has 0 unspecified atom stereocenters. The van der Waals surface area contributed by atoms with Gasteiger partial charge in [0.15, 0.2) is 17.3 Å². The van der Waals surface area contributed by atoms with Crippen molar-refractivity contribution in [1.82, 2.24) is 4.98 Å². The molecule has 0 aliphatic carbocycles. The monoisotopic (exact) mass is 288 g/mol. The van der Waals surface area contributed by atoms with Crippen LogP contribution in [0.15, 0.2) is 36.5 Å². The summed E-state index contributed by atoms with van der Waals surface area (Å²) in [5.41, 5.74) is 0.136. The Bertz CT molecular complexity index is 700. The number of benzene rings is 1. The Kier molecular flexibility index (Phi) is 4.13. The van der Waals surface area contributed by atoms with Gasteiger partial charge in [-0.15, -0.1) is 0 Å². The molecule has 2 rings (SSSR count). The number of pyridine rings is 1. The van der Waals surface area contributed by atoms with Gasteiger partial charge in [-0.05, 0) is 25.1 Å². The largest absolute Gasteiger partial charge is 0.493 e. The number of nitrogens with zero attached hydrogens (tertiary/aromatic N) is 2. The summed E-state index contributed by atoms with van der Waals surface area (Å²) in [5, 5.41) is 10.8. The van der Waals surface area contributed by atoms with Crippen molar-refractivity contribution in [2.75, 3.05) is 7.11 Å². The summed E-state index contributed by atoms with van der Waals surface area (Å²) in [6.45, 7) is 1.38.